The van der Waals surface area contributed by atoms with Gasteiger partial charge in [0.05, 0.1) is 10.7 Å². The molecule has 0 aliphatic rings. The van der Waals surface area contributed by atoms with Gasteiger partial charge in [-0.1, -0.05) is 11.6 Å². The Kier molecular flexibility index (Phi) is 2.89. The van der Waals surface area contributed by atoms with Gasteiger partial charge >= 0.3 is 0 Å². The Morgan fingerprint density at radius 3 is 2.75 bits per heavy atom. The predicted octanol–water partition coefficient (Wildman–Crippen LogP) is 2.69. The topological polar surface area (TPSA) is 37.8 Å². The number of nitrogens with zero attached hydrogens (tertiary/aromatic N) is 1. The van der Waals surface area contributed by atoms with Crippen LogP contribution in [0.2, 0.25) is 5.02 Å². The van der Waals surface area contributed by atoms with Gasteiger partial charge in [0.15, 0.2) is 4.77 Å². The maximum absolute atomic E-state index is 13.2. The minimum absolute atomic E-state index is 0.0414. The lowest BCUT2D eigenvalue weighted by Gasteiger charge is -2.06. The van der Waals surface area contributed by atoms with Crippen LogP contribution in [0.25, 0.3) is 5.69 Å². The summed E-state index contributed by atoms with van der Waals surface area (Å²) >= 11 is 10.5. The molecule has 16 heavy (non-hydrogen) atoms. The van der Waals surface area contributed by atoms with Crippen molar-refractivity contribution >= 4 is 23.8 Å². The number of hydrogen-bond acceptors (Lipinski definition) is 2. The number of hydrogen-bond donors (Lipinski definition) is 1. The van der Waals surface area contributed by atoms with Crippen molar-refractivity contribution in [1.29, 1.82) is 0 Å². The zero-order chi connectivity index (χ0) is 11.7. The van der Waals surface area contributed by atoms with E-state index in [0.717, 1.165) is 0 Å². The normalized spacial score (nSPS) is 10.4. The molecule has 0 aliphatic heterocycles. The third-order valence-electron chi connectivity index (χ3n) is 2.01. The number of nitrogens with one attached hydrogen (secondary N) is 1. The first-order valence-corrected chi connectivity index (χ1v) is 5.14. The Morgan fingerprint density at radius 2 is 2.12 bits per heavy atom. The molecule has 0 unspecified atom stereocenters. The van der Waals surface area contributed by atoms with E-state index in [1.165, 1.54) is 29.0 Å². The summed E-state index contributed by atoms with van der Waals surface area (Å²) in [5, 5.41) is 0.0414. The second-order valence-corrected chi connectivity index (χ2v) is 3.87. The minimum atomic E-state index is -0.535. The molecule has 0 fully saturated rings. The number of halogens is 2. The zero-order valence-electron chi connectivity index (χ0n) is 7.91. The van der Waals surface area contributed by atoms with E-state index in [1.807, 2.05) is 0 Å². The molecule has 6 heteroatoms. The molecule has 82 valence electrons. The van der Waals surface area contributed by atoms with E-state index in [1.54, 1.807) is 6.07 Å². The van der Waals surface area contributed by atoms with Crippen LogP contribution < -0.4 is 5.56 Å². The monoisotopic (exact) mass is 256 g/mol. The lowest BCUT2D eigenvalue weighted by Crippen LogP contribution is -2.09. The lowest BCUT2D eigenvalue weighted by atomic mass is 10.3. The van der Waals surface area contributed by atoms with Gasteiger partial charge in [-0.15, -0.1) is 0 Å². The molecule has 1 aromatic heterocycles. The standard InChI is InChI=1S/C10H6ClFN2OS/c11-7-2-1-6(5-8(7)12)14-4-3-9(15)13-10(14)16/h1-5H,(H,13,15,16). The summed E-state index contributed by atoms with van der Waals surface area (Å²) in [6, 6.07) is 5.59. The van der Waals surface area contributed by atoms with Gasteiger partial charge in [0.1, 0.15) is 5.82 Å². The van der Waals surface area contributed by atoms with Crippen LogP contribution in [0, 0.1) is 10.6 Å². The van der Waals surface area contributed by atoms with Gasteiger partial charge in [0.2, 0.25) is 0 Å². The Balaban J connectivity index is 2.63. The predicted molar refractivity (Wildman–Crippen MR) is 62.2 cm³/mol. The van der Waals surface area contributed by atoms with Gasteiger partial charge in [0, 0.05) is 12.3 Å². The molecule has 0 amide bonds. The average Bonchev–Trinajstić information content (AvgIpc) is 2.22. The Labute approximate surface area is 100 Å². The Bertz CT molecular complexity index is 650. The summed E-state index contributed by atoms with van der Waals surface area (Å²) in [5.41, 5.74) is 0.207. The molecule has 2 rings (SSSR count). The van der Waals surface area contributed by atoms with E-state index in [4.69, 9.17) is 23.8 Å². The molecule has 0 saturated heterocycles. The van der Waals surface area contributed by atoms with Crippen LogP contribution in [0.4, 0.5) is 4.39 Å². The quantitative estimate of drug-likeness (QED) is 0.797. The average molecular weight is 257 g/mol. The first kappa shape index (κ1) is 11.0. The fourth-order valence-corrected chi connectivity index (χ4v) is 1.64. The maximum atomic E-state index is 13.2. The number of aromatic amines is 1. The molecule has 1 aromatic carbocycles. The summed E-state index contributed by atoms with van der Waals surface area (Å²) in [6.45, 7) is 0. The van der Waals surface area contributed by atoms with Gasteiger partial charge in [0.25, 0.3) is 5.56 Å². The highest BCUT2D eigenvalue weighted by atomic mass is 35.5. The zero-order valence-corrected chi connectivity index (χ0v) is 9.48. The van der Waals surface area contributed by atoms with E-state index in [2.05, 4.69) is 4.98 Å². The van der Waals surface area contributed by atoms with Crippen LogP contribution in [0.5, 0.6) is 0 Å². The van der Waals surface area contributed by atoms with Crippen LogP contribution in [0.1, 0.15) is 0 Å². The highest BCUT2D eigenvalue weighted by Crippen LogP contribution is 2.17. The molecule has 0 radical (unpaired) electrons. The molecule has 0 aliphatic carbocycles. The second kappa shape index (κ2) is 4.19. The van der Waals surface area contributed by atoms with Crippen molar-refractivity contribution in [3.8, 4) is 5.69 Å². The Hall–Kier alpha value is -1.46. The molecule has 0 atom stereocenters. The Morgan fingerprint density at radius 1 is 1.38 bits per heavy atom. The van der Waals surface area contributed by atoms with Gasteiger partial charge in [-0.25, -0.2) is 4.39 Å². The van der Waals surface area contributed by atoms with Crippen molar-refractivity contribution in [3.05, 3.63) is 56.4 Å². The van der Waals surface area contributed by atoms with Crippen LogP contribution in [0.3, 0.4) is 0 Å². The molecular formula is C10H6ClFN2OS. The second-order valence-electron chi connectivity index (χ2n) is 3.08. The first-order chi connectivity index (χ1) is 7.58. The molecule has 0 saturated carbocycles. The molecule has 0 spiro atoms. The fourth-order valence-electron chi connectivity index (χ4n) is 1.26. The van der Waals surface area contributed by atoms with Crippen LogP contribution in [-0.4, -0.2) is 9.55 Å². The summed E-state index contributed by atoms with van der Waals surface area (Å²) < 4.78 is 14.9. The number of aromatic nitrogens is 2. The SMILES string of the molecule is O=c1ccn(-c2ccc(Cl)c(F)c2)c(=S)[nH]1. The maximum Gasteiger partial charge on any atom is 0.251 e. The fraction of sp³-hybridized carbons (Fsp3) is 0. The third kappa shape index (κ3) is 2.05. The van der Waals surface area contributed by atoms with Gasteiger partial charge in [-0.3, -0.25) is 14.3 Å². The lowest BCUT2D eigenvalue weighted by molar-refractivity contribution is 0.626. The molecule has 1 N–H and O–H groups in total. The van der Waals surface area contributed by atoms with E-state index < -0.39 is 5.82 Å². The van der Waals surface area contributed by atoms with Crippen molar-refractivity contribution in [2.24, 2.45) is 0 Å². The first-order valence-electron chi connectivity index (χ1n) is 4.35. The van der Waals surface area contributed by atoms with E-state index in [-0.39, 0.29) is 15.4 Å². The largest absolute Gasteiger partial charge is 0.299 e. The molecule has 3 nitrogen and oxygen atoms in total. The molecule has 2 aromatic rings. The van der Waals surface area contributed by atoms with Gasteiger partial charge in [-0.05, 0) is 30.4 Å². The number of benzene rings is 1. The summed E-state index contributed by atoms with van der Waals surface area (Å²) in [7, 11) is 0. The van der Waals surface area contributed by atoms with E-state index in [0.29, 0.717) is 5.69 Å². The van der Waals surface area contributed by atoms with Crippen LogP contribution in [0.15, 0.2) is 35.3 Å². The third-order valence-corrected chi connectivity index (χ3v) is 2.61. The minimum Gasteiger partial charge on any atom is -0.299 e. The van der Waals surface area contributed by atoms with E-state index in [9.17, 15) is 9.18 Å². The summed E-state index contributed by atoms with van der Waals surface area (Å²) in [5.74, 6) is -0.535. The van der Waals surface area contributed by atoms with Crippen molar-refractivity contribution < 1.29 is 4.39 Å². The summed E-state index contributed by atoms with van der Waals surface area (Å²) in [6.07, 6.45) is 1.48. The molecular weight excluding hydrogens is 251 g/mol. The van der Waals surface area contributed by atoms with Gasteiger partial charge in [-0.2, -0.15) is 0 Å². The van der Waals surface area contributed by atoms with Crippen LogP contribution in [-0.2, 0) is 0 Å². The van der Waals surface area contributed by atoms with E-state index >= 15 is 0 Å². The van der Waals surface area contributed by atoms with Crippen molar-refractivity contribution in [2.75, 3.05) is 0 Å². The highest BCUT2D eigenvalue weighted by molar-refractivity contribution is 7.71. The number of H-pyrrole nitrogens is 1. The van der Waals surface area contributed by atoms with Crippen molar-refractivity contribution in [2.45, 2.75) is 0 Å². The van der Waals surface area contributed by atoms with Crippen molar-refractivity contribution in [1.82, 2.24) is 9.55 Å². The van der Waals surface area contributed by atoms with Gasteiger partial charge < -0.3 is 0 Å². The summed E-state index contributed by atoms with van der Waals surface area (Å²) in [4.78, 5) is 13.4. The van der Waals surface area contributed by atoms with Crippen molar-refractivity contribution in [3.63, 3.8) is 0 Å². The number of rotatable bonds is 1. The smallest absolute Gasteiger partial charge is 0.251 e. The molecule has 1 heterocycles. The molecule has 0 bridgehead atoms. The highest BCUT2D eigenvalue weighted by Gasteiger charge is 2.03. The van der Waals surface area contributed by atoms with Crippen LogP contribution >= 0.6 is 23.8 Å².